The number of hydrogen-bond donors (Lipinski definition) is 1. The molecule has 5 heteroatoms. The summed E-state index contributed by atoms with van der Waals surface area (Å²) >= 11 is 0. The zero-order valence-corrected chi connectivity index (χ0v) is 14.7. The van der Waals surface area contributed by atoms with Crippen LogP contribution in [0.4, 0.5) is 23.1 Å². The van der Waals surface area contributed by atoms with Crippen molar-refractivity contribution < 1.29 is 4.74 Å². The number of para-hydroxylation sites is 1. The second kappa shape index (κ2) is 7.66. The maximum atomic E-state index is 5.65. The first-order valence-electron chi connectivity index (χ1n) is 8.27. The third kappa shape index (κ3) is 4.47. The van der Waals surface area contributed by atoms with Crippen LogP contribution >= 0.6 is 0 Å². The molecular formula is C20H22N4O. The first-order valence-corrected chi connectivity index (χ1v) is 8.27. The summed E-state index contributed by atoms with van der Waals surface area (Å²) in [7, 11) is 1.99. The number of anilines is 4. The minimum Gasteiger partial charge on any atom is -0.491 e. The SMILES string of the molecule is CC(C)Oc1ccc(Nc2nccc(N(C)c3ccccc3)n2)cc1. The molecular weight excluding hydrogens is 312 g/mol. The van der Waals surface area contributed by atoms with Crippen LogP contribution in [-0.2, 0) is 0 Å². The van der Waals surface area contributed by atoms with Crippen molar-refractivity contribution >= 4 is 23.1 Å². The Morgan fingerprint density at radius 1 is 0.960 bits per heavy atom. The summed E-state index contributed by atoms with van der Waals surface area (Å²) in [6.45, 7) is 4.02. The standard InChI is InChI=1S/C20H22N4O/c1-15(2)25-18-11-9-16(10-12-18)22-20-21-14-13-19(23-20)24(3)17-7-5-4-6-8-17/h4-15H,1-3H3,(H,21,22,23). The van der Waals surface area contributed by atoms with E-state index in [4.69, 9.17) is 4.74 Å². The van der Waals surface area contributed by atoms with Crippen LogP contribution in [0, 0.1) is 0 Å². The molecule has 0 atom stereocenters. The van der Waals surface area contributed by atoms with Gasteiger partial charge in [0.05, 0.1) is 6.10 Å². The van der Waals surface area contributed by atoms with Gasteiger partial charge in [0.25, 0.3) is 0 Å². The molecule has 0 bridgehead atoms. The van der Waals surface area contributed by atoms with Crippen molar-refractivity contribution in [1.82, 2.24) is 9.97 Å². The minimum absolute atomic E-state index is 0.160. The highest BCUT2D eigenvalue weighted by molar-refractivity contribution is 5.61. The zero-order valence-electron chi connectivity index (χ0n) is 14.7. The summed E-state index contributed by atoms with van der Waals surface area (Å²) in [5, 5.41) is 3.23. The molecule has 2 aromatic carbocycles. The van der Waals surface area contributed by atoms with Gasteiger partial charge in [-0.25, -0.2) is 4.98 Å². The van der Waals surface area contributed by atoms with E-state index in [2.05, 4.69) is 15.3 Å². The van der Waals surface area contributed by atoms with E-state index in [1.165, 1.54) is 0 Å². The van der Waals surface area contributed by atoms with E-state index in [0.29, 0.717) is 5.95 Å². The summed E-state index contributed by atoms with van der Waals surface area (Å²) in [4.78, 5) is 10.9. The van der Waals surface area contributed by atoms with E-state index >= 15 is 0 Å². The monoisotopic (exact) mass is 334 g/mol. The third-order valence-corrected chi connectivity index (χ3v) is 3.61. The van der Waals surface area contributed by atoms with Crippen LogP contribution in [0.1, 0.15) is 13.8 Å². The number of benzene rings is 2. The molecule has 1 N–H and O–H groups in total. The molecule has 3 rings (SSSR count). The number of rotatable bonds is 6. The van der Waals surface area contributed by atoms with Crippen LogP contribution in [0.15, 0.2) is 66.9 Å². The molecule has 3 aromatic rings. The Balaban J connectivity index is 1.73. The predicted molar refractivity (Wildman–Crippen MR) is 102 cm³/mol. The molecule has 25 heavy (non-hydrogen) atoms. The molecule has 0 radical (unpaired) electrons. The van der Waals surface area contributed by atoms with Crippen LogP contribution in [0.2, 0.25) is 0 Å². The van der Waals surface area contributed by atoms with Crippen LogP contribution in [0.3, 0.4) is 0 Å². The van der Waals surface area contributed by atoms with Gasteiger partial charge in [0.1, 0.15) is 11.6 Å². The Bertz CT molecular complexity index is 803. The molecule has 5 nitrogen and oxygen atoms in total. The van der Waals surface area contributed by atoms with Crippen molar-refractivity contribution in [3.63, 3.8) is 0 Å². The Labute approximate surface area is 148 Å². The van der Waals surface area contributed by atoms with Crippen LogP contribution in [0.5, 0.6) is 5.75 Å². The number of nitrogens with zero attached hydrogens (tertiary/aromatic N) is 3. The molecule has 0 spiro atoms. The lowest BCUT2D eigenvalue weighted by molar-refractivity contribution is 0.242. The highest BCUT2D eigenvalue weighted by Gasteiger charge is 2.07. The van der Waals surface area contributed by atoms with E-state index < -0.39 is 0 Å². The highest BCUT2D eigenvalue weighted by atomic mass is 16.5. The van der Waals surface area contributed by atoms with Crippen LogP contribution in [-0.4, -0.2) is 23.1 Å². The lowest BCUT2D eigenvalue weighted by Crippen LogP contribution is -2.12. The van der Waals surface area contributed by atoms with Crippen molar-refractivity contribution in [1.29, 1.82) is 0 Å². The van der Waals surface area contributed by atoms with Gasteiger partial charge in [-0.1, -0.05) is 18.2 Å². The molecule has 0 saturated carbocycles. The molecule has 1 heterocycles. The van der Waals surface area contributed by atoms with Gasteiger partial charge in [-0.15, -0.1) is 0 Å². The number of hydrogen-bond acceptors (Lipinski definition) is 5. The fourth-order valence-corrected chi connectivity index (χ4v) is 2.40. The molecule has 0 saturated heterocycles. The highest BCUT2D eigenvalue weighted by Crippen LogP contribution is 2.23. The number of nitrogens with one attached hydrogen (secondary N) is 1. The first kappa shape index (κ1) is 16.8. The minimum atomic E-state index is 0.160. The van der Waals surface area contributed by atoms with Crippen LogP contribution < -0.4 is 15.0 Å². The van der Waals surface area contributed by atoms with Gasteiger partial charge in [-0.05, 0) is 56.3 Å². The van der Waals surface area contributed by atoms with E-state index in [-0.39, 0.29) is 6.10 Å². The lowest BCUT2D eigenvalue weighted by atomic mass is 10.3. The van der Waals surface area contributed by atoms with Crippen molar-refractivity contribution in [3.05, 3.63) is 66.9 Å². The largest absolute Gasteiger partial charge is 0.491 e. The Hall–Kier alpha value is -3.08. The van der Waals surface area contributed by atoms with Crippen molar-refractivity contribution in [2.75, 3.05) is 17.3 Å². The molecule has 1 aromatic heterocycles. The fraction of sp³-hybridized carbons (Fsp3) is 0.200. The smallest absolute Gasteiger partial charge is 0.229 e. The van der Waals surface area contributed by atoms with Crippen molar-refractivity contribution in [2.24, 2.45) is 0 Å². The molecule has 0 aliphatic rings. The molecule has 128 valence electrons. The summed E-state index contributed by atoms with van der Waals surface area (Å²) in [6.07, 6.45) is 1.91. The van der Waals surface area contributed by atoms with E-state index in [9.17, 15) is 0 Å². The van der Waals surface area contributed by atoms with E-state index in [1.807, 2.05) is 86.5 Å². The van der Waals surface area contributed by atoms with E-state index in [1.54, 1.807) is 6.20 Å². The predicted octanol–water partition coefficient (Wildman–Crippen LogP) is 4.78. The maximum Gasteiger partial charge on any atom is 0.229 e. The zero-order chi connectivity index (χ0) is 17.6. The van der Waals surface area contributed by atoms with Crippen molar-refractivity contribution in [3.8, 4) is 5.75 Å². The topological polar surface area (TPSA) is 50.3 Å². The third-order valence-electron chi connectivity index (χ3n) is 3.61. The number of ether oxygens (including phenoxy) is 1. The Morgan fingerprint density at radius 2 is 1.68 bits per heavy atom. The van der Waals surface area contributed by atoms with Gasteiger partial charge >= 0.3 is 0 Å². The summed E-state index contributed by atoms with van der Waals surface area (Å²) in [6, 6.07) is 19.8. The van der Waals surface area contributed by atoms with Gasteiger partial charge in [0.2, 0.25) is 5.95 Å². The average molecular weight is 334 g/mol. The Kier molecular flexibility index (Phi) is 5.14. The quantitative estimate of drug-likeness (QED) is 0.703. The van der Waals surface area contributed by atoms with Gasteiger partial charge < -0.3 is 15.0 Å². The lowest BCUT2D eigenvalue weighted by Gasteiger charge is -2.18. The maximum absolute atomic E-state index is 5.65. The average Bonchev–Trinajstić information content (AvgIpc) is 2.63. The molecule has 0 aliphatic carbocycles. The molecule has 0 unspecified atom stereocenters. The Morgan fingerprint density at radius 3 is 2.36 bits per heavy atom. The van der Waals surface area contributed by atoms with Crippen LogP contribution in [0.25, 0.3) is 0 Å². The summed E-state index contributed by atoms with van der Waals surface area (Å²) in [5.74, 6) is 2.22. The second-order valence-electron chi connectivity index (χ2n) is 5.95. The van der Waals surface area contributed by atoms with Gasteiger partial charge in [0, 0.05) is 24.6 Å². The van der Waals surface area contributed by atoms with Crippen molar-refractivity contribution in [2.45, 2.75) is 20.0 Å². The first-order chi connectivity index (χ1) is 12.1. The summed E-state index contributed by atoms with van der Waals surface area (Å²) < 4.78 is 5.65. The van der Waals surface area contributed by atoms with Gasteiger partial charge in [-0.2, -0.15) is 4.98 Å². The molecule has 0 aliphatic heterocycles. The molecule has 0 amide bonds. The van der Waals surface area contributed by atoms with Gasteiger partial charge in [0.15, 0.2) is 0 Å². The molecule has 0 fully saturated rings. The fourth-order valence-electron chi connectivity index (χ4n) is 2.40. The normalized spacial score (nSPS) is 10.6. The second-order valence-corrected chi connectivity index (χ2v) is 5.95. The van der Waals surface area contributed by atoms with E-state index in [0.717, 1.165) is 22.9 Å². The summed E-state index contributed by atoms with van der Waals surface area (Å²) in [5.41, 5.74) is 1.98. The van der Waals surface area contributed by atoms with Gasteiger partial charge in [-0.3, -0.25) is 0 Å². The number of aromatic nitrogens is 2.